The number of aryl methyl sites for hydroxylation is 2. The zero-order valence-corrected chi connectivity index (χ0v) is 20.3. The average molecular weight is 459 g/mol. The number of hydrogen-bond acceptors (Lipinski definition) is 4. The molecule has 2 aromatic rings. The molecular weight excluding hydrogens is 427 g/mol. The lowest BCUT2D eigenvalue weighted by Crippen LogP contribution is -2.56. The van der Waals surface area contributed by atoms with Crippen molar-refractivity contribution >= 4 is 36.0 Å². The summed E-state index contributed by atoms with van der Waals surface area (Å²) in [6.07, 6.45) is 1.50. The van der Waals surface area contributed by atoms with E-state index in [1.807, 2.05) is 47.6 Å². The van der Waals surface area contributed by atoms with Crippen LogP contribution in [0.25, 0.3) is 0 Å². The average Bonchev–Trinajstić information content (AvgIpc) is 2.68. The lowest BCUT2D eigenvalue weighted by atomic mass is 9.79. The molecule has 0 saturated carbocycles. The Hall–Kier alpha value is -2.35. The number of hydrogen-bond donors (Lipinski definition) is 3. The van der Waals surface area contributed by atoms with E-state index >= 15 is 0 Å². The van der Waals surface area contributed by atoms with E-state index in [0.29, 0.717) is 12.0 Å². The molecule has 0 aliphatic carbocycles. The van der Waals surface area contributed by atoms with Gasteiger partial charge >= 0.3 is 7.12 Å². The Bertz CT molecular complexity index is 968. The summed E-state index contributed by atoms with van der Waals surface area (Å²) < 4.78 is 0. The van der Waals surface area contributed by atoms with Crippen LogP contribution in [0.2, 0.25) is 5.02 Å². The lowest BCUT2D eigenvalue weighted by molar-refractivity contribution is 0.0271. The molecular formula is C24H32BClN2O4. The van der Waals surface area contributed by atoms with E-state index in [-0.39, 0.29) is 33.4 Å². The largest absolute Gasteiger partial charge is 0.489 e. The Morgan fingerprint density at radius 1 is 1.12 bits per heavy atom. The fourth-order valence-electron chi connectivity index (χ4n) is 3.82. The molecule has 0 bridgehead atoms. The van der Waals surface area contributed by atoms with Gasteiger partial charge in [0.15, 0.2) is 0 Å². The normalized spacial score (nSPS) is 12.3. The van der Waals surface area contributed by atoms with Gasteiger partial charge in [0.25, 0.3) is 11.8 Å². The van der Waals surface area contributed by atoms with Crippen molar-refractivity contribution in [2.24, 2.45) is 5.41 Å². The van der Waals surface area contributed by atoms with Gasteiger partial charge < -0.3 is 10.0 Å². The van der Waals surface area contributed by atoms with Gasteiger partial charge in [-0.2, -0.15) is 0 Å². The second-order valence-corrected chi connectivity index (χ2v) is 9.62. The molecule has 1 atom stereocenters. The number of rotatable bonds is 6. The lowest BCUT2D eigenvalue weighted by Gasteiger charge is -2.40. The second kappa shape index (κ2) is 10.5. The van der Waals surface area contributed by atoms with Gasteiger partial charge in [-0.1, -0.05) is 75.0 Å². The van der Waals surface area contributed by atoms with Gasteiger partial charge in [0.1, 0.15) is 0 Å². The molecule has 172 valence electrons. The fourth-order valence-corrected chi connectivity index (χ4v) is 4.13. The molecule has 0 heterocycles. The number of hydrazine groups is 1. The predicted octanol–water partition coefficient (Wildman–Crippen LogP) is 3.64. The summed E-state index contributed by atoms with van der Waals surface area (Å²) in [6, 6.07) is 9.73. The van der Waals surface area contributed by atoms with Gasteiger partial charge in [0, 0.05) is 11.0 Å². The molecule has 0 spiro atoms. The van der Waals surface area contributed by atoms with Crippen molar-refractivity contribution in [3.8, 4) is 0 Å². The minimum absolute atomic E-state index is 0.0208. The molecule has 8 heteroatoms. The number of benzene rings is 2. The Balaban J connectivity index is 2.53. The minimum atomic E-state index is -1.81. The van der Waals surface area contributed by atoms with Gasteiger partial charge in [-0.25, -0.2) is 5.01 Å². The molecule has 2 aromatic carbocycles. The Kier molecular flexibility index (Phi) is 8.51. The van der Waals surface area contributed by atoms with Crippen molar-refractivity contribution in [3.63, 3.8) is 0 Å². The molecule has 2 rings (SSSR count). The SMILES string of the molecule is CCC[C@@H](N(NC(=O)c1cccc(B(O)O)c1Cl)C(=O)c1cc(C)cc(C)c1)C(C)(C)C. The topological polar surface area (TPSA) is 89.9 Å². The van der Waals surface area contributed by atoms with Crippen LogP contribution in [0.3, 0.4) is 0 Å². The molecule has 0 radical (unpaired) electrons. The standard InChI is InChI=1S/C24H32BClN2O4/c1-7-9-20(24(4,5)6)28(23(30)17-13-15(2)12-16(3)14-17)27-22(29)18-10-8-11-19(21(18)26)25(31)32/h8,10-14,20,31-32H,7,9H2,1-6H3,(H,27,29)/t20-/m1/s1. The predicted molar refractivity (Wildman–Crippen MR) is 129 cm³/mol. The van der Waals surface area contributed by atoms with Crippen LogP contribution in [0.15, 0.2) is 36.4 Å². The van der Waals surface area contributed by atoms with Crippen LogP contribution in [0.5, 0.6) is 0 Å². The zero-order valence-electron chi connectivity index (χ0n) is 19.6. The molecule has 3 N–H and O–H groups in total. The smallest absolute Gasteiger partial charge is 0.423 e. The summed E-state index contributed by atoms with van der Waals surface area (Å²) in [7, 11) is -1.81. The quantitative estimate of drug-likeness (QED) is 0.455. The molecule has 32 heavy (non-hydrogen) atoms. The van der Waals surface area contributed by atoms with Gasteiger partial charge in [-0.15, -0.1) is 0 Å². The van der Waals surface area contributed by atoms with Crippen LogP contribution in [0.4, 0.5) is 0 Å². The van der Waals surface area contributed by atoms with E-state index in [0.717, 1.165) is 17.5 Å². The number of carbonyl (C=O) groups excluding carboxylic acids is 2. The van der Waals surface area contributed by atoms with Gasteiger partial charge in [0.2, 0.25) is 0 Å². The van der Waals surface area contributed by atoms with Crippen LogP contribution in [-0.4, -0.2) is 40.0 Å². The van der Waals surface area contributed by atoms with Crippen LogP contribution in [-0.2, 0) is 0 Å². The maximum atomic E-state index is 13.6. The van der Waals surface area contributed by atoms with E-state index < -0.39 is 13.0 Å². The van der Waals surface area contributed by atoms with Crippen molar-refractivity contribution < 1.29 is 19.6 Å². The zero-order chi connectivity index (χ0) is 24.2. The number of nitrogens with one attached hydrogen (secondary N) is 1. The maximum absolute atomic E-state index is 13.6. The second-order valence-electron chi connectivity index (χ2n) is 9.25. The first-order valence-corrected chi connectivity index (χ1v) is 11.1. The van der Waals surface area contributed by atoms with Crippen molar-refractivity contribution in [2.75, 3.05) is 0 Å². The first-order chi connectivity index (χ1) is 14.9. The highest BCUT2D eigenvalue weighted by molar-refractivity contribution is 6.63. The highest BCUT2D eigenvalue weighted by atomic mass is 35.5. The summed E-state index contributed by atoms with van der Waals surface area (Å²) in [5, 5.41) is 20.4. The maximum Gasteiger partial charge on any atom is 0.489 e. The first-order valence-electron chi connectivity index (χ1n) is 10.7. The van der Waals surface area contributed by atoms with E-state index in [1.165, 1.54) is 23.2 Å². The summed E-state index contributed by atoms with van der Waals surface area (Å²) in [4.78, 5) is 26.8. The third-order valence-corrected chi connectivity index (χ3v) is 5.76. The number of halogens is 1. The third-order valence-electron chi connectivity index (χ3n) is 5.33. The first kappa shape index (κ1) is 25.9. The minimum Gasteiger partial charge on any atom is -0.423 e. The Labute approximate surface area is 195 Å². The molecule has 0 aromatic heterocycles. The van der Waals surface area contributed by atoms with Crippen LogP contribution >= 0.6 is 11.6 Å². The van der Waals surface area contributed by atoms with E-state index in [4.69, 9.17) is 11.6 Å². The molecule has 0 aliphatic rings. The molecule has 0 fully saturated rings. The highest BCUT2D eigenvalue weighted by Gasteiger charge is 2.35. The number of nitrogens with zero attached hydrogens (tertiary/aromatic N) is 1. The number of carbonyl (C=O) groups is 2. The van der Waals surface area contributed by atoms with Crippen LogP contribution < -0.4 is 10.9 Å². The highest BCUT2D eigenvalue weighted by Crippen LogP contribution is 2.29. The van der Waals surface area contributed by atoms with Crippen LogP contribution in [0, 0.1) is 19.3 Å². The summed E-state index contributed by atoms with van der Waals surface area (Å²) in [6.45, 7) is 11.9. The van der Waals surface area contributed by atoms with E-state index in [1.54, 1.807) is 12.1 Å². The van der Waals surface area contributed by atoms with Crippen molar-refractivity contribution in [2.45, 2.75) is 60.4 Å². The van der Waals surface area contributed by atoms with E-state index in [2.05, 4.69) is 5.43 Å². The van der Waals surface area contributed by atoms with E-state index in [9.17, 15) is 19.6 Å². The van der Waals surface area contributed by atoms with Crippen molar-refractivity contribution in [1.29, 1.82) is 0 Å². The molecule has 6 nitrogen and oxygen atoms in total. The monoisotopic (exact) mass is 458 g/mol. The number of amides is 2. The van der Waals surface area contributed by atoms with Crippen molar-refractivity contribution in [3.05, 3.63) is 63.7 Å². The van der Waals surface area contributed by atoms with Gasteiger partial charge in [-0.3, -0.25) is 15.0 Å². The summed E-state index contributed by atoms with van der Waals surface area (Å²) >= 11 is 6.27. The summed E-state index contributed by atoms with van der Waals surface area (Å²) in [5.41, 5.74) is 4.92. The van der Waals surface area contributed by atoms with Crippen molar-refractivity contribution in [1.82, 2.24) is 10.4 Å². The van der Waals surface area contributed by atoms with Gasteiger partial charge in [-0.05, 0) is 43.9 Å². The fraction of sp³-hybridized carbons (Fsp3) is 0.417. The molecule has 0 saturated heterocycles. The third kappa shape index (κ3) is 6.12. The Morgan fingerprint density at radius 2 is 1.72 bits per heavy atom. The van der Waals surface area contributed by atoms with Gasteiger partial charge in [0.05, 0.1) is 16.6 Å². The molecule has 0 aliphatic heterocycles. The summed E-state index contributed by atoms with van der Waals surface area (Å²) in [5.74, 6) is -0.909. The molecule has 0 unspecified atom stereocenters. The molecule has 2 amide bonds. The van der Waals surface area contributed by atoms with Crippen LogP contribution in [0.1, 0.15) is 72.4 Å². The Morgan fingerprint density at radius 3 is 2.22 bits per heavy atom.